The molecular formula is C35H39N5O7S. The standard InChI is InChI=1S/C35H39N5O7S/c1-38(2)48(43,44)37-34(41)23-9-11-28-29(19-23)40-20-25(33-31(36-21-47-33)35(42)39-13-15-46-16-14-39)17-24-18-26(45-3)10-12-27(24)32(40)30(28)22-7-5-4-6-8-22/h9-12,17-19,21-22H,4-8,13-16,20H2,1-3H3,(H,37,41). The largest absolute Gasteiger partial charge is 0.497 e. The number of rotatable bonds is 7. The van der Waals surface area contributed by atoms with Gasteiger partial charge in [-0.05, 0) is 66.3 Å². The van der Waals surface area contributed by atoms with E-state index in [0.717, 1.165) is 63.3 Å². The Morgan fingerprint density at radius 2 is 1.81 bits per heavy atom. The number of hydrogen-bond acceptors (Lipinski definition) is 8. The third-order valence-electron chi connectivity index (χ3n) is 9.61. The molecule has 48 heavy (non-hydrogen) atoms. The van der Waals surface area contributed by atoms with E-state index in [0.29, 0.717) is 50.3 Å². The summed E-state index contributed by atoms with van der Waals surface area (Å²) in [5, 5.41) is 1.01. The molecule has 7 rings (SSSR count). The third kappa shape index (κ3) is 5.80. The van der Waals surface area contributed by atoms with Crippen molar-refractivity contribution in [2.45, 2.75) is 44.6 Å². The van der Waals surface area contributed by atoms with Gasteiger partial charge in [0.2, 0.25) is 0 Å². The number of hydrogen-bond donors (Lipinski definition) is 1. The smallest absolute Gasteiger partial charge is 0.303 e. The number of ether oxygens (including phenoxy) is 2. The number of fused-ring (bicyclic) bond motifs is 5. The highest BCUT2D eigenvalue weighted by atomic mass is 32.2. The van der Waals surface area contributed by atoms with Crippen LogP contribution in [0, 0.1) is 0 Å². The lowest BCUT2D eigenvalue weighted by Gasteiger charge is -2.26. The van der Waals surface area contributed by atoms with Gasteiger partial charge in [0.1, 0.15) is 5.75 Å². The van der Waals surface area contributed by atoms with Gasteiger partial charge in [0.15, 0.2) is 17.8 Å². The molecule has 2 fully saturated rings. The number of amides is 2. The van der Waals surface area contributed by atoms with Crippen LogP contribution in [0.2, 0.25) is 0 Å². The number of methoxy groups -OCH3 is 1. The summed E-state index contributed by atoms with van der Waals surface area (Å²) in [7, 11) is 0.363. The molecular weight excluding hydrogens is 634 g/mol. The Labute approximate surface area is 279 Å². The van der Waals surface area contributed by atoms with Crippen LogP contribution in [0.25, 0.3) is 33.8 Å². The van der Waals surface area contributed by atoms with Gasteiger partial charge in [-0.3, -0.25) is 9.59 Å². The van der Waals surface area contributed by atoms with Gasteiger partial charge in [-0.2, -0.15) is 12.7 Å². The maximum Gasteiger partial charge on any atom is 0.303 e. The number of allylic oxidation sites excluding steroid dienone is 1. The monoisotopic (exact) mass is 673 g/mol. The molecule has 2 amide bonds. The van der Waals surface area contributed by atoms with E-state index in [1.165, 1.54) is 32.5 Å². The van der Waals surface area contributed by atoms with E-state index in [4.69, 9.17) is 13.9 Å². The molecule has 3 aliphatic rings. The van der Waals surface area contributed by atoms with Gasteiger partial charge in [0.05, 0.1) is 32.6 Å². The summed E-state index contributed by atoms with van der Waals surface area (Å²) < 4.78 is 47.5. The van der Waals surface area contributed by atoms with Crippen LogP contribution in [-0.4, -0.2) is 86.5 Å². The van der Waals surface area contributed by atoms with E-state index < -0.39 is 16.1 Å². The SMILES string of the molecule is COc1ccc2c(c1)C=C(c1ocnc1C(=O)N1CCOCC1)Cn1c-2c(C2CCCCC2)c2ccc(C(=O)NS(=O)(=O)N(C)C)cc21. The van der Waals surface area contributed by atoms with Gasteiger partial charge in [-0.15, -0.1) is 0 Å². The summed E-state index contributed by atoms with van der Waals surface area (Å²) in [5.41, 5.74) is 6.10. The zero-order valence-corrected chi connectivity index (χ0v) is 28.1. The second-order valence-corrected chi connectivity index (χ2v) is 14.6. The number of carbonyl (C=O) groups is 2. The first-order valence-electron chi connectivity index (χ1n) is 16.3. The molecule has 1 N–H and O–H groups in total. The van der Waals surface area contributed by atoms with Crippen LogP contribution in [0.15, 0.2) is 47.2 Å². The predicted octanol–water partition coefficient (Wildman–Crippen LogP) is 4.92. The number of oxazole rings is 1. The summed E-state index contributed by atoms with van der Waals surface area (Å²) in [5.74, 6) is 0.422. The van der Waals surface area contributed by atoms with Crippen LogP contribution in [0.4, 0.5) is 0 Å². The van der Waals surface area contributed by atoms with Crippen LogP contribution in [0.3, 0.4) is 0 Å². The summed E-state index contributed by atoms with van der Waals surface area (Å²) in [6, 6.07) is 11.4. The van der Waals surface area contributed by atoms with Crippen molar-refractivity contribution in [1.82, 2.24) is 23.5 Å². The molecule has 2 aliphatic heterocycles. The van der Waals surface area contributed by atoms with Gasteiger partial charge in [-0.1, -0.05) is 25.3 Å². The number of carbonyl (C=O) groups excluding carboxylic acids is 2. The molecule has 1 saturated carbocycles. The molecule has 4 aromatic rings. The minimum Gasteiger partial charge on any atom is -0.497 e. The van der Waals surface area contributed by atoms with Crippen LogP contribution in [0.1, 0.15) is 75.8 Å². The second kappa shape index (κ2) is 12.9. The van der Waals surface area contributed by atoms with Crippen molar-refractivity contribution in [3.63, 3.8) is 0 Å². The average Bonchev–Trinajstić information content (AvgIpc) is 3.67. The fraction of sp³-hybridized carbons (Fsp3) is 0.400. The summed E-state index contributed by atoms with van der Waals surface area (Å²) in [6.45, 7) is 2.17. The number of aromatic nitrogens is 2. The highest BCUT2D eigenvalue weighted by molar-refractivity contribution is 7.87. The number of nitrogens with zero attached hydrogens (tertiary/aromatic N) is 4. The minimum atomic E-state index is -4.00. The Morgan fingerprint density at radius 3 is 2.54 bits per heavy atom. The van der Waals surface area contributed by atoms with Crippen molar-refractivity contribution in [3.8, 4) is 17.0 Å². The van der Waals surface area contributed by atoms with E-state index in [1.807, 2.05) is 24.3 Å². The van der Waals surface area contributed by atoms with Gasteiger partial charge in [0, 0.05) is 54.8 Å². The molecule has 0 unspecified atom stereocenters. The van der Waals surface area contributed by atoms with Crippen molar-refractivity contribution in [1.29, 1.82) is 0 Å². The molecule has 0 bridgehead atoms. The highest BCUT2D eigenvalue weighted by Crippen LogP contribution is 2.48. The van der Waals surface area contributed by atoms with Crippen molar-refractivity contribution in [2.24, 2.45) is 0 Å². The molecule has 0 radical (unpaired) electrons. The van der Waals surface area contributed by atoms with Crippen molar-refractivity contribution >= 4 is 44.6 Å². The van der Waals surface area contributed by atoms with Crippen molar-refractivity contribution in [3.05, 3.63) is 70.9 Å². The van der Waals surface area contributed by atoms with Gasteiger partial charge in [0.25, 0.3) is 11.8 Å². The third-order valence-corrected chi connectivity index (χ3v) is 11.0. The maximum absolute atomic E-state index is 13.7. The van der Waals surface area contributed by atoms with Gasteiger partial charge < -0.3 is 23.4 Å². The minimum absolute atomic E-state index is 0.219. The first-order chi connectivity index (χ1) is 23.2. The number of morpholine rings is 1. The first kappa shape index (κ1) is 32.1. The van der Waals surface area contributed by atoms with Gasteiger partial charge in [-0.25, -0.2) is 9.71 Å². The van der Waals surface area contributed by atoms with E-state index in [1.54, 1.807) is 24.1 Å². The molecule has 0 spiro atoms. The molecule has 2 aromatic heterocycles. The Hall–Kier alpha value is -4.46. The summed E-state index contributed by atoms with van der Waals surface area (Å²) in [4.78, 5) is 33.1. The fourth-order valence-corrected chi connectivity index (χ4v) is 7.67. The molecule has 2 aromatic carbocycles. The topological polar surface area (TPSA) is 136 Å². The number of benzene rings is 2. The second-order valence-electron chi connectivity index (χ2n) is 12.7. The maximum atomic E-state index is 13.7. The average molecular weight is 674 g/mol. The Morgan fingerprint density at radius 1 is 1.04 bits per heavy atom. The highest BCUT2D eigenvalue weighted by Gasteiger charge is 2.33. The molecule has 4 heterocycles. The van der Waals surface area contributed by atoms with E-state index in [-0.39, 0.29) is 17.2 Å². The van der Waals surface area contributed by atoms with Crippen LogP contribution < -0.4 is 9.46 Å². The molecule has 12 nitrogen and oxygen atoms in total. The lowest BCUT2D eigenvalue weighted by atomic mass is 9.81. The predicted molar refractivity (Wildman–Crippen MR) is 181 cm³/mol. The normalized spacial score (nSPS) is 17.1. The Bertz CT molecular complexity index is 2030. The summed E-state index contributed by atoms with van der Waals surface area (Å²) >= 11 is 0. The quantitative estimate of drug-likeness (QED) is 0.292. The fourth-order valence-electron chi connectivity index (χ4n) is 7.13. The molecule has 252 valence electrons. The van der Waals surface area contributed by atoms with E-state index in [2.05, 4.69) is 20.3 Å². The van der Waals surface area contributed by atoms with Crippen LogP contribution in [-0.2, 0) is 21.5 Å². The molecule has 1 saturated heterocycles. The lowest BCUT2D eigenvalue weighted by Crippen LogP contribution is -2.41. The molecule has 0 atom stereocenters. The molecule has 1 aliphatic carbocycles. The first-order valence-corrected chi connectivity index (χ1v) is 17.7. The Balaban J connectivity index is 1.43. The van der Waals surface area contributed by atoms with Crippen LogP contribution >= 0.6 is 0 Å². The van der Waals surface area contributed by atoms with Gasteiger partial charge >= 0.3 is 10.2 Å². The van der Waals surface area contributed by atoms with Crippen molar-refractivity contribution < 1.29 is 31.9 Å². The lowest BCUT2D eigenvalue weighted by molar-refractivity contribution is 0.0298. The zero-order chi connectivity index (χ0) is 33.6. The van der Waals surface area contributed by atoms with Crippen LogP contribution in [0.5, 0.6) is 5.75 Å². The Kier molecular flexibility index (Phi) is 8.60. The number of nitrogens with one attached hydrogen (secondary N) is 1. The zero-order valence-electron chi connectivity index (χ0n) is 27.3. The van der Waals surface area contributed by atoms with E-state index >= 15 is 0 Å². The van der Waals surface area contributed by atoms with E-state index in [9.17, 15) is 18.0 Å². The summed E-state index contributed by atoms with van der Waals surface area (Å²) in [6.07, 6.45) is 8.87. The van der Waals surface area contributed by atoms with Crippen molar-refractivity contribution in [2.75, 3.05) is 47.5 Å². The molecule has 13 heteroatoms.